The summed E-state index contributed by atoms with van der Waals surface area (Å²) in [7, 11) is 0. The van der Waals surface area contributed by atoms with E-state index in [1.54, 1.807) is 17.1 Å². The van der Waals surface area contributed by atoms with Gasteiger partial charge in [0.15, 0.2) is 0 Å². The summed E-state index contributed by atoms with van der Waals surface area (Å²) in [6.07, 6.45) is 6.33. The number of nitrogens with two attached hydrogens (primary N) is 1. The number of fused-ring (bicyclic) bond motifs is 1. The van der Waals surface area contributed by atoms with Gasteiger partial charge < -0.3 is 10.6 Å². The van der Waals surface area contributed by atoms with E-state index in [9.17, 15) is 4.79 Å². The van der Waals surface area contributed by atoms with Crippen LogP contribution in [0.15, 0.2) is 30.6 Å². The van der Waals surface area contributed by atoms with Crippen molar-refractivity contribution in [1.29, 1.82) is 0 Å². The van der Waals surface area contributed by atoms with Crippen molar-refractivity contribution in [3.8, 4) is 11.3 Å². The number of carbonyl (C=O) groups excluding carboxylic acids is 1. The zero-order chi connectivity index (χ0) is 14.3. The van der Waals surface area contributed by atoms with E-state index in [0.29, 0.717) is 0 Å². The summed E-state index contributed by atoms with van der Waals surface area (Å²) in [6.45, 7) is 4.37. The number of aromatic nitrogens is 2. The van der Waals surface area contributed by atoms with Crippen LogP contribution in [0.3, 0.4) is 0 Å². The second-order valence-corrected chi connectivity index (χ2v) is 6.33. The highest BCUT2D eigenvalue weighted by molar-refractivity contribution is 5.69. The molecule has 0 spiro atoms. The van der Waals surface area contributed by atoms with Gasteiger partial charge in [-0.3, -0.25) is 9.66 Å². The van der Waals surface area contributed by atoms with Gasteiger partial charge in [0.05, 0.1) is 5.69 Å². The molecule has 0 radical (unpaired) electrons. The maximum absolute atomic E-state index is 11.4. The smallest absolute Gasteiger partial charge is 0.127 e. The first-order chi connectivity index (χ1) is 9.52. The predicted octanol–water partition coefficient (Wildman–Crippen LogP) is 2.52. The molecule has 0 saturated carbocycles. The first-order valence-corrected chi connectivity index (χ1v) is 6.87. The van der Waals surface area contributed by atoms with E-state index in [1.807, 2.05) is 12.1 Å². The van der Waals surface area contributed by atoms with E-state index in [1.165, 1.54) is 0 Å². The highest BCUT2D eigenvalue weighted by Gasteiger charge is 2.35. The number of aldehydes is 1. The first kappa shape index (κ1) is 12.9. The molecule has 0 fully saturated rings. The summed E-state index contributed by atoms with van der Waals surface area (Å²) in [5.41, 5.74) is 4.23. The third kappa shape index (κ3) is 2.01. The molecule has 4 nitrogen and oxygen atoms in total. The van der Waals surface area contributed by atoms with Gasteiger partial charge in [0.2, 0.25) is 0 Å². The summed E-state index contributed by atoms with van der Waals surface area (Å²) in [5.74, 6) is 6.22. The van der Waals surface area contributed by atoms with Gasteiger partial charge in [0.25, 0.3) is 0 Å². The number of hydrogen-bond acceptors (Lipinski definition) is 3. The Bertz CT molecular complexity index is 643. The standard InChI is InChI=1S/C16H19N3O/c1-16(2)8-12(10-20)13-7-14(19(17)15(13)9-16)11-3-5-18-6-4-11/h3-7,10,12H,8-9,17H2,1-2H3. The molecule has 1 atom stereocenters. The van der Waals surface area contributed by atoms with Gasteiger partial charge in [-0.05, 0) is 42.0 Å². The van der Waals surface area contributed by atoms with Crippen molar-refractivity contribution in [3.63, 3.8) is 0 Å². The Kier molecular flexibility index (Phi) is 2.89. The second kappa shape index (κ2) is 4.47. The molecule has 0 aliphatic heterocycles. The van der Waals surface area contributed by atoms with Crippen LogP contribution in [0, 0.1) is 5.41 Å². The SMILES string of the molecule is CC1(C)Cc2c(cc(-c3ccncc3)n2N)C(C=O)C1. The van der Waals surface area contributed by atoms with E-state index in [-0.39, 0.29) is 11.3 Å². The van der Waals surface area contributed by atoms with Crippen molar-refractivity contribution in [2.75, 3.05) is 5.84 Å². The monoisotopic (exact) mass is 269 g/mol. The van der Waals surface area contributed by atoms with Crippen LogP contribution in [0.2, 0.25) is 0 Å². The molecule has 2 heterocycles. The molecule has 0 amide bonds. The summed E-state index contributed by atoms with van der Waals surface area (Å²) in [5, 5.41) is 0. The Hall–Kier alpha value is -2.10. The molecule has 4 heteroatoms. The maximum atomic E-state index is 11.4. The van der Waals surface area contributed by atoms with Crippen molar-refractivity contribution >= 4 is 6.29 Å². The topological polar surface area (TPSA) is 60.9 Å². The average Bonchev–Trinajstić information content (AvgIpc) is 2.75. The molecule has 0 bridgehead atoms. The normalized spacial score (nSPS) is 20.4. The first-order valence-electron chi connectivity index (χ1n) is 6.87. The third-order valence-electron chi connectivity index (χ3n) is 4.13. The van der Waals surface area contributed by atoms with Crippen LogP contribution in [0.4, 0.5) is 0 Å². The minimum Gasteiger partial charge on any atom is -0.339 e. The number of nitrogens with zero attached hydrogens (tertiary/aromatic N) is 2. The van der Waals surface area contributed by atoms with Crippen LogP contribution in [0.5, 0.6) is 0 Å². The Labute approximate surface area is 118 Å². The molecule has 2 aromatic heterocycles. The Balaban J connectivity index is 2.15. The van der Waals surface area contributed by atoms with E-state index in [2.05, 4.69) is 24.9 Å². The number of carbonyl (C=O) groups is 1. The minimum absolute atomic E-state index is 0.0564. The van der Waals surface area contributed by atoms with Crippen molar-refractivity contribution in [3.05, 3.63) is 41.9 Å². The summed E-state index contributed by atoms with van der Waals surface area (Å²) < 4.78 is 1.74. The fourth-order valence-electron chi connectivity index (χ4n) is 3.19. The Morgan fingerprint density at radius 2 is 2.10 bits per heavy atom. The van der Waals surface area contributed by atoms with Crippen LogP contribution in [-0.2, 0) is 11.2 Å². The Morgan fingerprint density at radius 3 is 2.75 bits per heavy atom. The van der Waals surface area contributed by atoms with Gasteiger partial charge in [-0.1, -0.05) is 13.8 Å². The third-order valence-corrected chi connectivity index (χ3v) is 4.13. The van der Waals surface area contributed by atoms with Crippen LogP contribution in [-0.4, -0.2) is 15.9 Å². The van der Waals surface area contributed by atoms with Gasteiger partial charge in [0, 0.05) is 29.6 Å². The lowest BCUT2D eigenvalue weighted by atomic mass is 9.72. The molecule has 0 aromatic carbocycles. The highest BCUT2D eigenvalue weighted by atomic mass is 16.1. The lowest BCUT2D eigenvalue weighted by Crippen LogP contribution is -2.29. The molecule has 1 aliphatic carbocycles. The van der Waals surface area contributed by atoms with Crippen molar-refractivity contribution < 1.29 is 4.79 Å². The fourth-order valence-corrected chi connectivity index (χ4v) is 3.19. The van der Waals surface area contributed by atoms with Crippen molar-refractivity contribution in [2.45, 2.75) is 32.6 Å². The molecule has 2 aromatic rings. The highest BCUT2D eigenvalue weighted by Crippen LogP contribution is 2.43. The van der Waals surface area contributed by atoms with Gasteiger partial charge >= 0.3 is 0 Å². The lowest BCUT2D eigenvalue weighted by molar-refractivity contribution is -0.109. The van der Waals surface area contributed by atoms with Crippen LogP contribution >= 0.6 is 0 Å². The van der Waals surface area contributed by atoms with Crippen molar-refractivity contribution in [2.24, 2.45) is 5.41 Å². The molecular formula is C16H19N3O. The fraction of sp³-hybridized carbons (Fsp3) is 0.375. The maximum Gasteiger partial charge on any atom is 0.127 e. The molecule has 1 unspecified atom stereocenters. The molecule has 20 heavy (non-hydrogen) atoms. The zero-order valence-electron chi connectivity index (χ0n) is 11.8. The number of rotatable bonds is 2. The minimum atomic E-state index is -0.0564. The molecular weight excluding hydrogens is 250 g/mol. The van der Waals surface area contributed by atoms with Gasteiger partial charge in [-0.2, -0.15) is 0 Å². The van der Waals surface area contributed by atoms with E-state index in [4.69, 9.17) is 5.84 Å². The van der Waals surface area contributed by atoms with Crippen LogP contribution in [0.25, 0.3) is 11.3 Å². The molecule has 1 aliphatic rings. The number of hydrogen-bond donors (Lipinski definition) is 1. The molecule has 104 valence electrons. The van der Waals surface area contributed by atoms with Crippen LogP contribution in [0.1, 0.15) is 37.4 Å². The number of pyridine rings is 1. The van der Waals surface area contributed by atoms with Crippen LogP contribution < -0.4 is 5.84 Å². The Morgan fingerprint density at radius 1 is 1.40 bits per heavy atom. The van der Waals surface area contributed by atoms with Gasteiger partial charge in [-0.15, -0.1) is 0 Å². The van der Waals surface area contributed by atoms with Gasteiger partial charge in [-0.25, -0.2) is 0 Å². The predicted molar refractivity (Wildman–Crippen MR) is 78.7 cm³/mol. The summed E-state index contributed by atoms with van der Waals surface area (Å²) in [6, 6.07) is 5.93. The van der Waals surface area contributed by atoms with Gasteiger partial charge in [0.1, 0.15) is 6.29 Å². The number of nitrogen functional groups attached to an aromatic ring is 1. The van der Waals surface area contributed by atoms with E-state index >= 15 is 0 Å². The lowest BCUT2D eigenvalue weighted by Gasteiger charge is -2.33. The quantitative estimate of drug-likeness (QED) is 0.673. The molecule has 2 N–H and O–H groups in total. The zero-order valence-corrected chi connectivity index (χ0v) is 11.8. The van der Waals surface area contributed by atoms with E-state index in [0.717, 1.165) is 41.6 Å². The largest absolute Gasteiger partial charge is 0.339 e. The summed E-state index contributed by atoms with van der Waals surface area (Å²) >= 11 is 0. The summed E-state index contributed by atoms with van der Waals surface area (Å²) in [4.78, 5) is 15.4. The molecule has 3 rings (SSSR count). The van der Waals surface area contributed by atoms with E-state index < -0.39 is 0 Å². The molecule has 0 saturated heterocycles. The average molecular weight is 269 g/mol. The second-order valence-electron chi connectivity index (χ2n) is 6.33. The van der Waals surface area contributed by atoms with Crippen molar-refractivity contribution in [1.82, 2.24) is 9.66 Å².